The molecule has 33 heavy (non-hydrogen) atoms. The predicted octanol–water partition coefficient (Wildman–Crippen LogP) is 6.45. The van der Waals surface area contributed by atoms with Crippen LogP contribution in [-0.4, -0.2) is 32.6 Å². The third kappa shape index (κ3) is 5.53. The maximum Gasteiger partial charge on any atom is 0.186 e. The summed E-state index contributed by atoms with van der Waals surface area (Å²) in [7, 11) is 1.91. The molecule has 2 atom stereocenters. The number of rotatable bonds is 9. The van der Waals surface area contributed by atoms with Crippen LogP contribution in [0.1, 0.15) is 30.4 Å². The monoisotopic (exact) mass is 485 g/mol. The second-order valence-electron chi connectivity index (χ2n) is 8.12. The van der Waals surface area contributed by atoms with Crippen molar-refractivity contribution in [3.63, 3.8) is 0 Å². The van der Waals surface area contributed by atoms with Gasteiger partial charge in [0.15, 0.2) is 11.9 Å². The fourth-order valence-corrected chi connectivity index (χ4v) is 4.58. The van der Waals surface area contributed by atoms with Crippen LogP contribution in [0.2, 0.25) is 10.0 Å². The number of hydrogen-bond donors (Lipinski definition) is 1. The largest absolute Gasteiger partial charge is 0.475 e. The van der Waals surface area contributed by atoms with Crippen molar-refractivity contribution in [3.05, 3.63) is 100 Å². The van der Waals surface area contributed by atoms with Gasteiger partial charge in [-0.3, -0.25) is 0 Å². The summed E-state index contributed by atoms with van der Waals surface area (Å²) in [6.45, 7) is 1.25. The van der Waals surface area contributed by atoms with E-state index in [1.165, 1.54) is 0 Å². The Labute approximate surface area is 205 Å². The van der Waals surface area contributed by atoms with Gasteiger partial charge < -0.3 is 19.5 Å². The Morgan fingerprint density at radius 2 is 1.61 bits per heavy atom. The molecule has 3 aromatic carbocycles. The van der Waals surface area contributed by atoms with Gasteiger partial charge in [0.25, 0.3) is 0 Å². The molecule has 0 bridgehead atoms. The summed E-state index contributed by atoms with van der Waals surface area (Å²) in [4.78, 5) is 0. The number of nitrogens with one attached hydrogen (secondary N) is 1. The van der Waals surface area contributed by atoms with Crippen molar-refractivity contribution in [3.8, 4) is 5.75 Å². The predicted molar refractivity (Wildman–Crippen MR) is 133 cm³/mol. The van der Waals surface area contributed by atoms with Gasteiger partial charge in [0.1, 0.15) is 11.9 Å². The zero-order valence-corrected chi connectivity index (χ0v) is 20.2. The van der Waals surface area contributed by atoms with Crippen LogP contribution in [-0.2, 0) is 15.1 Å². The molecule has 174 valence electrons. The fraction of sp³-hybridized carbons (Fsp3) is 0.333. The Morgan fingerprint density at radius 1 is 0.939 bits per heavy atom. The maximum atomic E-state index is 6.90. The lowest BCUT2D eigenvalue weighted by atomic mass is 9.80. The molecule has 0 saturated carbocycles. The van der Waals surface area contributed by atoms with Crippen LogP contribution >= 0.6 is 23.2 Å². The average molecular weight is 486 g/mol. The van der Waals surface area contributed by atoms with E-state index >= 15 is 0 Å². The summed E-state index contributed by atoms with van der Waals surface area (Å²) < 4.78 is 19.5. The molecule has 1 fully saturated rings. The number of ether oxygens (including phenoxy) is 3. The van der Waals surface area contributed by atoms with Crippen LogP contribution in [0.5, 0.6) is 5.75 Å². The van der Waals surface area contributed by atoms with Gasteiger partial charge >= 0.3 is 0 Å². The summed E-state index contributed by atoms with van der Waals surface area (Å²) >= 11 is 12.5. The molecule has 4 nitrogen and oxygen atoms in total. The molecule has 0 amide bonds. The van der Waals surface area contributed by atoms with Crippen molar-refractivity contribution in [1.82, 2.24) is 5.32 Å². The van der Waals surface area contributed by atoms with Crippen LogP contribution in [0.3, 0.4) is 0 Å². The van der Waals surface area contributed by atoms with Crippen molar-refractivity contribution in [1.29, 1.82) is 0 Å². The van der Waals surface area contributed by atoms with Crippen LogP contribution in [0, 0.1) is 0 Å². The third-order valence-electron chi connectivity index (χ3n) is 5.87. The van der Waals surface area contributed by atoms with E-state index in [9.17, 15) is 0 Å². The smallest absolute Gasteiger partial charge is 0.186 e. The topological polar surface area (TPSA) is 39.7 Å². The summed E-state index contributed by atoms with van der Waals surface area (Å²) in [5.41, 5.74) is 0.973. The lowest BCUT2D eigenvalue weighted by Gasteiger charge is -2.43. The first-order valence-corrected chi connectivity index (χ1v) is 12.1. The van der Waals surface area contributed by atoms with Gasteiger partial charge in [0, 0.05) is 30.3 Å². The first-order chi connectivity index (χ1) is 16.1. The lowest BCUT2D eigenvalue weighted by Crippen LogP contribution is -2.53. The highest BCUT2D eigenvalue weighted by Gasteiger charge is 2.46. The van der Waals surface area contributed by atoms with E-state index in [4.69, 9.17) is 37.4 Å². The van der Waals surface area contributed by atoms with Crippen LogP contribution in [0.4, 0.5) is 0 Å². The van der Waals surface area contributed by atoms with Crippen molar-refractivity contribution < 1.29 is 14.2 Å². The zero-order valence-electron chi connectivity index (χ0n) is 18.7. The minimum Gasteiger partial charge on any atom is -0.475 e. The quantitative estimate of drug-likeness (QED) is 0.378. The van der Waals surface area contributed by atoms with Crippen molar-refractivity contribution >= 4 is 23.2 Å². The van der Waals surface area contributed by atoms with E-state index in [0.29, 0.717) is 28.9 Å². The Balaban J connectivity index is 1.87. The molecule has 0 aromatic heterocycles. The van der Waals surface area contributed by atoms with E-state index in [0.717, 1.165) is 30.4 Å². The van der Waals surface area contributed by atoms with E-state index in [1.807, 2.05) is 49.5 Å². The molecule has 2 unspecified atom stereocenters. The van der Waals surface area contributed by atoms with Crippen LogP contribution in [0.15, 0.2) is 78.9 Å². The zero-order chi connectivity index (χ0) is 23.1. The molecule has 1 N–H and O–H groups in total. The Morgan fingerprint density at radius 3 is 2.15 bits per heavy atom. The van der Waals surface area contributed by atoms with E-state index in [1.54, 1.807) is 12.1 Å². The van der Waals surface area contributed by atoms with Crippen molar-refractivity contribution in [2.75, 3.05) is 20.2 Å². The Bertz CT molecular complexity index is 971. The van der Waals surface area contributed by atoms with Crippen molar-refractivity contribution in [2.24, 2.45) is 0 Å². The molecule has 3 aromatic rings. The van der Waals surface area contributed by atoms with Crippen LogP contribution < -0.4 is 10.1 Å². The molecule has 1 heterocycles. The molecule has 1 saturated heterocycles. The molecular formula is C27H29Cl2NO3. The molecule has 0 aliphatic carbocycles. The summed E-state index contributed by atoms with van der Waals surface area (Å²) in [5, 5.41) is 4.22. The van der Waals surface area contributed by atoms with Gasteiger partial charge in [0.2, 0.25) is 0 Å². The molecule has 4 rings (SSSR count). The van der Waals surface area contributed by atoms with Gasteiger partial charge in [-0.2, -0.15) is 0 Å². The fourth-order valence-electron chi connectivity index (χ4n) is 4.29. The Hall–Kier alpha value is -2.08. The van der Waals surface area contributed by atoms with Gasteiger partial charge in [0.05, 0.1) is 10.0 Å². The second kappa shape index (κ2) is 11.4. The standard InChI is InChI=1S/C27H29Cl2NO3/c1-30-19-25(32-26-14-8-9-17-31-26)27(20-10-4-2-5-11-20,21-12-6-3-7-13-21)33-22-15-16-23(28)24(29)18-22/h2-7,10-13,15-16,18,25-26,30H,8-9,14,17,19H2,1H3. The number of halogens is 2. The third-order valence-corrected chi connectivity index (χ3v) is 6.61. The minimum atomic E-state index is -0.969. The SMILES string of the molecule is CNCC(OC1CCCCO1)C(Oc1ccc(Cl)c(Cl)c1)(c1ccccc1)c1ccccc1. The molecule has 0 radical (unpaired) electrons. The highest BCUT2D eigenvalue weighted by molar-refractivity contribution is 6.42. The first-order valence-electron chi connectivity index (χ1n) is 11.3. The van der Waals surface area contributed by atoms with Crippen molar-refractivity contribution in [2.45, 2.75) is 37.3 Å². The number of benzene rings is 3. The van der Waals surface area contributed by atoms with E-state index in [2.05, 4.69) is 29.6 Å². The average Bonchev–Trinajstić information content (AvgIpc) is 2.86. The summed E-state index contributed by atoms with van der Waals surface area (Å²) in [5.74, 6) is 0.603. The highest BCUT2D eigenvalue weighted by Crippen LogP contribution is 2.41. The number of hydrogen-bond acceptors (Lipinski definition) is 4. The molecule has 0 spiro atoms. The van der Waals surface area contributed by atoms with Gasteiger partial charge in [-0.15, -0.1) is 0 Å². The second-order valence-corrected chi connectivity index (χ2v) is 8.94. The van der Waals surface area contributed by atoms with E-state index in [-0.39, 0.29) is 6.29 Å². The summed E-state index contributed by atoms with van der Waals surface area (Å²) in [6.07, 6.45) is 2.30. The normalized spacial score (nSPS) is 17.5. The molecular weight excluding hydrogens is 457 g/mol. The molecule has 1 aliphatic heterocycles. The molecule has 1 aliphatic rings. The number of likely N-dealkylation sites (N-methyl/N-ethyl adjacent to an activating group) is 1. The summed E-state index contributed by atoms with van der Waals surface area (Å²) in [6, 6.07) is 25.6. The van der Waals surface area contributed by atoms with E-state index < -0.39 is 11.7 Å². The first kappa shape index (κ1) is 24.1. The highest BCUT2D eigenvalue weighted by atomic mass is 35.5. The van der Waals surface area contributed by atoms with Gasteiger partial charge in [-0.25, -0.2) is 0 Å². The van der Waals surface area contributed by atoms with Gasteiger partial charge in [-0.05, 0) is 38.4 Å². The molecule has 6 heteroatoms. The maximum absolute atomic E-state index is 6.90. The van der Waals surface area contributed by atoms with Gasteiger partial charge in [-0.1, -0.05) is 83.9 Å². The lowest BCUT2D eigenvalue weighted by molar-refractivity contribution is -0.216. The Kier molecular flexibility index (Phi) is 8.29. The van der Waals surface area contributed by atoms with Crippen LogP contribution in [0.25, 0.3) is 0 Å². The minimum absolute atomic E-state index is 0.290.